The van der Waals surface area contributed by atoms with E-state index in [9.17, 15) is 18.3 Å². The highest BCUT2D eigenvalue weighted by atomic mass is 32.2. The minimum absolute atomic E-state index is 0.0494. The fraction of sp³-hybridized carbons (Fsp3) is 0.900. The summed E-state index contributed by atoms with van der Waals surface area (Å²) in [6.07, 6.45) is 1.65. The Balaban J connectivity index is 2.14. The molecule has 92 valence electrons. The van der Waals surface area contributed by atoms with Crippen molar-refractivity contribution in [2.45, 2.75) is 25.4 Å². The Kier molecular flexibility index (Phi) is 3.21. The Hall–Kier alpha value is -0.620. The van der Waals surface area contributed by atoms with Crippen LogP contribution in [0.25, 0.3) is 0 Å². The molecule has 6 heteroatoms. The van der Waals surface area contributed by atoms with Crippen LogP contribution in [0.15, 0.2) is 0 Å². The second-order valence-electron chi connectivity index (χ2n) is 4.70. The summed E-state index contributed by atoms with van der Waals surface area (Å²) < 4.78 is 22.8. The van der Waals surface area contributed by atoms with E-state index in [1.165, 1.54) is 0 Å². The van der Waals surface area contributed by atoms with Crippen LogP contribution in [-0.4, -0.2) is 43.6 Å². The molecule has 0 radical (unpaired) electrons. The van der Waals surface area contributed by atoms with Gasteiger partial charge in [0.15, 0.2) is 9.84 Å². The third-order valence-electron chi connectivity index (χ3n) is 3.46. The molecular weight excluding hydrogens is 230 g/mol. The van der Waals surface area contributed by atoms with Crippen molar-refractivity contribution in [2.75, 3.05) is 18.1 Å². The van der Waals surface area contributed by atoms with Crippen LogP contribution in [-0.2, 0) is 14.6 Å². The molecule has 2 N–H and O–H groups in total. The molecule has 0 aromatic heterocycles. The standard InChI is InChI=1S/C10H17NO4S/c12-9-6-16(14,15)5-8(9)7-3-1-2-4-11-10(7)13/h7-9,12H,1-6H2,(H,11,13). The number of rotatable bonds is 1. The molecule has 0 aliphatic carbocycles. The number of sulfone groups is 1. The smallest absolute Gasteiger partial charge is 0.223 e. The Labute approximate surface area is 95.1 Å². The molecule has 0 aromatic carbocycles. The van der Waals surface area contributed by atoms with Crippen LogP contribution in [0, 0.1) is 11.8 Å². The number of amides is 1. The molecule has 3 unspecified atom stereocenters. The molecule has 0 aromatic rings. The molecule has 2 fully saturated rings. The second kappa shape index (κ2) is 4.33. The van der Waals surface area contributed by atoms with E-state index < -0.39 is 21.9 Å². The average molecular weight is 247 g/mol. The maximum Gasteiger partial charge on any atom is 0.223 e. The van der Waals surface area contributed by atoms with Crippen molar-refractivity contribution < 1.29 is 18.3 Å². The summed E-state index contributed by atoms with van der Waals surface area (Å²) in [6, 6.07) is 0. The number of aliphatic hydroxyl groups is 1. The van der Waals surface area contributed by atoms with E-state index in [0.717, 1.165) is 12.8 Å². The van der Waals surface area contributed by atoms with Crippen LogP contribution in [0.2, 0.25) is 0 Å². The summed E-state index contributed by atoms with van der Waals surface area (Å²) in [5, 5.41) is 12.5. The minimum Gasteiger partial charge on any atom is -0.392 e. The Morgan fingerprint density at radius 3 is 2.62 bits per heavy atom. The van der Waals surface area contributed by atoms with E-state index in [1.807, 2.05) is 0 Å². The Morgan fingerprint density at radius 2 is 2.00 bits per heavy atom. The lowest BCUT2D eigenvalue weighted by Gasteiger charge is -2.21. The van der Waals surface area contributed by atoms with Crippen LogP contribution in [0.4, 0.5) is 0 Å². The molecule has 2 aliphatic rings. The SMILES string of the molecule is O=C1NCCCCC1C1CS(=O)(=O)CC1O. The lowest BCUT2D eigenvalue weighted by atomic mass is 9.86. The Morgan fingerprint density at radius 1 is 1.25 bits per heavy atom. The normalized spacial score (nSPS) is 39.1. The average Bonchev–Trinajstić information content (AvgIpc) is 2.37. The van der Waals surface area contributed by atoms with E-state index in [2.05, 4.69) is 5.32 Å². The molecule has 0 saturated carbocycles. The summed E-state index contributed by atoms with van der Waals surface area (Å²) in [6.45, 7) is 0.658. The lowest BCUT2D eigenvalue weighted by Crippen LogP contribution is -2.37. The molecule has 0 bridgehead atoms. The molecule has 2 saturated heterocycles. The van der Waals surface area contributed by atoms with Gasteiger partial charge < -0.3 is 10.4 Å². The summed E-state index contributed by atoms with van der Waals surface area (Å²) in [7, 11) is -3.16. The summed E-state index contributed by atoms with van der Waals surface area (Å²) in [5.41, 5.74) is 0. The fourth-order valence-electron chi connectivity index (χ4n) is 2.61. The van der Waals surface area contributed by atoms with Gasteiger partial charge >= 0.3 is 0 Å². The third kappa shape index (κ3) is 2.38. The van der Waals surface area contributed by atoms with Crippen LogP contribution in [0.5, 0.6) is 0 Å². The van der Waals surface area contributed by atoms with Crippen LogP contribution in [0.1, 0.15) is 19.3 Å². The van der Waals surface area contributed by atoms with E-state index >= 15 is 0 Å². The first-order valence-electron chi connectivity index (χ1n) is 5.66. The topological polar surface area (TPSA) is 83.5 Å². The van der Waals surface area contributed by atoms with Gasteiger partial charge in [0.1, 0.15) is 0 Å². The number of aliphatic hydroxyl groups excluding tert-OH is 1. The molecular formula is C10H17NO4S. The number of hydrogen-bond donors (Lipinski definition) is 2. The van der Waals surface area contributed by atoms with Crippen molar-refractivity contribution in [3.63, 3.8) is 0 Å². The largest absolute Gasteiger partial charge is 0.392 e. The van der Waals surface area contributed by atoms with Crippen molar-refractivity contribution in [3.8, 4) is 0 Å². The van der Waals surface area contributed by atoms with Gasteiger partial charge in [-0.15, -0.1) is 0 Å². The van der Waals surface area contributed by atoms with Crippen LogP contribution >= 0.6 is 0 Å². The highest BCUT2D eigenvalue weighted by Gasteiger charge is 2.43. The lowest BCUT2D eigenvalue weighted by molar-refractivity contribution is -0.127. The Bertz CT molecular complexity index is 378. The quantitative estimate of drug-likeness (QED) is 0.642. The zero-order chi connectivity index (χ0) is 11.8. The first-order chi connectivity index (χ1) is 7.49. The molecule has 1 amide bonds. The number of carbonyl (C=O) groups excluding carboxylic acids is 1. The summed E-state index contributed by atoms with van der Waals surface area (Å²) in [5.74, 6) is -1.09. The van der Waals surface area contributed by atoms with Gasteiger partial charge in [-0.25, -0.2) is 8.42 Å². The maximum absolute atomic E-state index is 11.7. The predicted octanol–water partition coefficient (Wildman–Crippen LogP) is -0.692. The molecule has 3 atom stereocenters. The van der Waals surface area contributed by atoms with Crippen molar-refractivity contribution in [3.05, 3.63) is 0 Å². The molecule has 2 aliphatic heterocycles. The van der Waals surface area contributed by atoms with E-state index in [-0.39, 0.29) is 23.3 Å². The molecule has 2 rings (SSSR count). The molecule has 2 heterocycles. The van der Waals surface area contributed by atoms with E-state index in [4.69, 9.17) is 0 Å². The van der Waals surface area contributed by atoms with Crippen molar-refractivity contribution in [1.82, 2.24) is 5.32 Å². The monoisotopic (exact) mass is 247 g/mol. The van der Waals surface area contributed by atoms with Crippen LogP contribution < -0.4 is 5.32 Å². The maximum atomic E-state index is 11.7. The highest BCUT2D eigenvalue weighted by molar-refractivity contribution is 7.91. The second-order valence-corrected chi connectivity index (χ2v) is 6.86. The van der Waals surface area contributed by atoms with Crippen molar-refractivity contribution in [1.29, 1.82) is 0 Å². The predicted molar refractivity (Wildman–Crippen MR) is 58.5 cm³/mol. The number of hydrogen-bond acceptors (Lipinski definition) is 4. The molecule has 5 nitrogen and oxygen atoms in total. The van der Waals surface area contributed by atoms with Crippen LogP contribution in [0.3, 0.4) is 0 Å². The minimum atomic E-state index is -3.16. The zero-order valence-corrected chi connectivity index (χ0v) is 9.87. The number of carbonyl (C=O) groups is 1. The summed E-state index contributed by atoms with van der Waals surface area (Å²) >= 11 is 0. The van der Waals surface area contributed by atoms with E-state index in [1.54, 1.807) is 0 Å². The first kappa shape index (κ1) is 11.9. The van der Waals surface area contributed by atoms with Gasteiger partial charge in [-0.1, -0.05) is 6.42 Å². The van der Waals surface area contributed by atoms with Gasteiger partial charge in [-0.2, -0.15) is 0 Å². The first-order valence-corrected chi connectivity index (χ1v) is 7.48. The zero-order valence-electron chi connectivity index (χ0n) is 9.05. The van der Waals surface area contributed by atoms with Gasteiger partial charge in [0.05, 0.1) is 17.6 Å². The summed E-state index contributed by atoms with van der Waals surface area (Å²) in [4.78, 5) is 11.7. The third-order valence-corrected chi connectivity index (χ3v) is 5.20. The highest BCUT2D eigenvalue weighted by Crippen LogP contribution is 2.30. The fourth-order valence-corrected chi connectivity index (χ4v) is 4.56. The van der Waals surface area contributed by atoms with Gasteiger partial charge in [0.25, 0.3) is 0 Å². The van der Waals surface area contributed by atoms with Gasteiger partial charge in [0, 0.05) is 18.4 Å². The van der Waals surface area contributed by atoms with Gasteiger partial charge in [-0.3, -0.25) is 4.79 Å². The van der Waals surface area contributed by atoms with Crippen molar-refractivity contribution in [2.24, 2.45) is 11.8 Å². The number of nitrogens with one attached hydrogen (secondary N) is 1. The van der Waals surface area contributed by atoms with Gasteiger partial charge in [0.2, 0.25) is 5.91 Å². The van der Waals surface area contributed by atoms with E-state index in [0.29, 0.717) is 13.0 Å². The molecule has 16 heavy (non-hydrogen) atoms. The van der Waals surface area contributed by atoms with Gasteiger partial charge in [-0.05, 0) is 12.8 Å². The molecule has 0 spiro atoms. The van der Waals surface area contributed by atoms with Crippen molar-refractivity contribution >= 4 is 15.7 Å².